The van der Waals surface area contributed by atoms with Gasteiger partial charge in [0.2, 0.25) is 0 Å². The number of tetrazole rings is 1. The molecular weight excluding hydrogens is 285 g/mol. The monoisotopic (exact) mass is 291 g/mol. The molecule has 2 aromatic heterocycles. The van der Waals surface area contributed by atoms with Gasteiger partial charge in [0, 0.05) is 28.5 Å². The van der Waals surface area contributed by atoms with Gasteiger partial charge in [0.1, 0.15) is 6.33 Å². The molecule has 0 atom stereocenters. The number of hydrogen-bond acceptors (Lipinski definition) is 4. The first-order chi connectivity index (χ1) is 9.25. The first-order valence-electron chi connectivity index (χ1n) is 5.38. The zero-order valence-corrected chi connectivity index (χ0v) is 11.0. The van der Waals surface area contributed by atoms with Crippen molar-refractivity contribution in [3.8, 4) is 16.8 Å². The Morgan fingerprint density at radius 1 is 1.05 bits per heavy atom. The van der Waals surface area contributed by atoms with E-state index in [1.165, 1.54) is 6.33 Å². The Kier molecular flexibility index (Phi) is 3.15. The van der Waals surface area contributed by atoms with Crippen LogP contribution in [0, 0.1) is 0 Å². The third-order valence-corrected chi connectivity index (χ3v) is 3.15. The summed E-state index contributed by atoms with van der Waals surface area (Å²) in [6.07, 6.45) is 4.77. The van der Waals surface area contributed by atoms with Gasteiger partial charge < -0.3 is 0 Å². The van der Waals surface area contributed by atoms with E-state index in [0.29, 0.717) is 10.0 Å². The molecule has 0 N–H and O–H groups in total. The van der Waals surface area contributed by atoms with E-state index in [-0.39, 0.29) is 0 Å². The third kappa shape index (κ3) is 2.30. The molecule has 3 aromatic rings. The summed E-state index contributed by atoms with van der Waals surface area (Å²) >= 11 is 12.2. The molecule has 0 spiro atoms. The van der Waals surface area contributed by atoms with Crippen LogP contribution in [0.25, 0.3) is 16.8 Å². The molecule has 0 fully saturated rings. The van der Waals surface area contributed by atoms with E-state index in [2.05, 4.69) is 20.5 Å². The van der Waals surface area contributed by atoms with Crippen molar-refractivity contribution >= 4 is 23.2 Å². The van der Waals surface area contributed by atoms with Crippen molar-refractivity contribution in [3.05, 3.63) is 53.0 Å². The summed E-state index contributed by atoms with van der Waals surface area (Å²) in [5.41, 5.74) is 2.46. The lowest BCUT2D eigenvalue weighted by atomic mass is 10.1. The van der Waals surface area contributed by atoms with Crippen molar-refractivity contribution in [1.29, 1.82) is 0 Å². The molecule has 0 amide bonds. The van der Waals surface area contributed by atoms with Crippen LogP contribution >= 0.6 is 23.2 Å². The van der Waals surface area contributed by atoms with E-state index < -0.39 is 0 Å². The zero-order chi connectivity index (χ0) is 13.2. The number of aromatic nitrogens is 5. The number of hydrogen-bond donors (Lipinski definition) is 0. The number of nitrogens with zero attached hydrogens (tertiary/aromatic N) is 5. The molecule has 5 nitrogen and oxygen atoms in total. The largest absolute Gasteiger partial charge is 0.263 e. The van der Waals surface area contributed by atoms with Gasteiger partial charge in [-0.05, 0) is 34.7 Å². The molecule has 0 aliphatic carbocycles. The quantitative estimate of drug-likeness (QED) is 0.728. The van der Waals surface area contributed by atoms with Gasteiger partial charge in [-0.25, -0.2) is 0 Å². The minimum absolute atomic E-state index is 0.541. The summed E-state index contributed by atoms with van der Waals surface area (Å²) in [5, 5.41) is 12.3. The molecule has 7 heteroatoms. The second-order valence-electron chi connectivity index (χ2n) is 3.77. The Balaban J connectivity index is 2.26. The van der Waals surface area contributed by atoms with Gasteiger partial charge in [-0.3, -0.25) is 4.98 Å². The Hall–Kier alpha value is -1.98. The van der Waals surface area contributed by atoms with E-state index in [0.717, 1.165) is 16.8 Å². The summed E-state index contributed by atoms with van der Waals surface area (Å²) in [6.45, 7) is 0. The van der Waals surface area contributed by atoms with E-state index >= 15 is 0 Å². The summed E-state index contributed by atoms with van der Waals surface area (Å²) in [4.78, 5) is 3.97. The fourth-order valence-corrected chi connectivity index (χ4v) is 2.18. The van der Waals surface area contributed by atoms with Gasteiger partial charge in [-0.2, -0.15) is 4.68 Å². The Labute approximate surface area is 118 Å². The van der Waals surface area contributed by atoms with Gasteiger partial charge in [-0.1, -0.05) is 23.2 Å². The van der Waals surface area contributed by atoms with Crippen LogP contribution < -0.4 is 0 Å². The van der Waals surface area contributed by atoms with Crippen molar-refractivity contribution < 1.29 is 0 Å². The van der Waals surface area contributed by atoms with Gasteiger partial charge in [0.15, 0.2) is 0 Å². The van der Waals surface area contributed by atoms with Gasteiger partial charge in [0.25, 0.3) is 0 Å². The fraction of sp³-hybridized carbons (Fsp3) is 0. The summed E-state index contributed by atoms with van der Waals surface area (Å²) in [5.74, 6) is 0. The average molecular weight is 292 g/mol. The first-order valence-corrected chi connectivity index (χ1v) is 6.14. The van der Waals surface area contributed by atoms with Crippen molar-refractivity contribution in [2.24, 2.45) is 0 Å². The predicted octanol–water partition coefficient (Wildman–Crippen LogP) is 3.03. The van der Waals surface area contributed by atoms with Crippen molar-refractivity contribution in [1.82, 2.24) is 25.2 Å². The Morgan fingerprint density at radius 3 is 2.68 bits per heavy atom. The molecule has 19 heavy (non-hydrogen) atoms. The standard InChI is InChI=1S/C12H7Cl2N5/c13-8-1-2-12(19-7-16-17-18-19)10(5-8)9-3-4-15-6-11(9)14/h1-7H. The van der Waals surface area contributed by atoms with Gasteiger partial charge in [-0.15, -0.1) is 5.10 Å². The highest BCUT2D eigenvalue weighted by Crippen LogP contribution is 2.33. The van der Waals surface area contributed by atoms with E-state index in [9.17, 15) is 0 Å². The maximum absolute atomic E-state index is 6.18. The smallest absolute Gasteiger partial charge is 0.143 e. The maximum Gasteiger partial charge on any atom is 0.143 e. The molecule has 0 aliphatic heterocycles. The summed E-state index contributed by atoms with van der Waals surface area (Å²) < 4.78 is 1.56. The van der Waals surface area contributed by atoms with Crippen molar-refractivity contribution in [3.63, 3.8) is 0 Å². The molecule has 0 saturated heterocycles. The summed E-state index contributed by atoms with van der Waals surface area (Å²) in [7, 11) is 0. The minimum Gasteiger partial charge on any atom is -0.263 e. The minimum atomic E-state index is 0.541. The lowest BCUT2D eigenvalue weighted by Gasteiger charge is -2.10. The van der Waals surface area contributed by atoms with Gasteiger partial charge >= 0.3 is 0 Å². The highest BCUT2D eigenvalue weighted by Gasteiger charge is 2.12. The summed E-state index contributed by atoms with van der Waals surface area (Å²) in [6, 6.07) is 7.25. The SMILES string of the molecule is Clc1ccc(-n2cnnn2)c(-c2ccncc2Cl)c1. The molecule has 3 rings (SSSR count). The van der Waals surface area contributed by atoms with Crippen LogP contribution in [0.5, 0.6) is 0 Å². The number of rotatable bonds is 2. The lowest BCUT2D eigenvalue weighted by molar-refractivity contribution is 0.790. The number of halogens is 2. The topological polar surface area (TPSA) is 56.5 Å². The van der Waals surface area contributed by atoms with E-state index in [1.807, 2.05) is 18.2 Å². The average Bonchev–Trinajstić information content (AvgIpc) is 2.93. The lowest BCUT2D eigenvalue weighted by Crippen LogP contribution is -1.98. The highest BCUT2D eigenvalue weighted by atomic mass is 35.5. The van der Waals surface area contributed by atoms with Crippen LogP contribution in [0.4, 0.5) is 0 Å². The Morgan fingerprint density at radius 2 is 1.95 bits per heavy atom. The second kappa shape index (κ2) is 4.95. The number of benzene rings is 1. The third-order valence-electron chi connectivity index (χ3n) is 2.62. The molecule has 94 valence electrons. The van der Waals surface area contributed by atoms with Crippen LogP contribution in [-0.4, -0.2) is 25.2 Å². The number of pyridine rings is 1. The molecular formula is C12H7Cl2N5. The molecule has 0 unspecified atom stereocenters. The van der Waals surface area contributed by atoms with Crippen LogP contribution in [0.1, 0.15) is 0 Å². The molecule has 0 aliphatic rings. The molecule has 0 radical (unpaired) electrons. The van der Waals surface area contributed by atoms with Crippen LogP contribution in [0.3, 0.4) is 0 Å². The zero-order valence-electron chi connectivity index (χ0n) is 9.53. The van der Waals surface area contributed by atoms with Crippen molar-refractivity contribution in [2.75, 3.05) is 0 Å². The fourth-order valence-electron chi connectivity index (χ4n) is 1.79. The van der Waals surface area contributed by atoms with Crippen molar-refractivity contribution in [2.45, 2.75) is 0 Å². The molecule has 1 aromatic carbocycles. The Bertz CT molecular complexity index is 712. The highest BCUT2D eigenvalue weighted by molar-refractivity contribution is 6.34. The van der Waals surface area contributed by atoms with E-state index in [4.69, 9.17) is 23.2 Å². The predicted molar refractivity (Wildman–Crippen MR) is 72.4 cm³/mol. The normalized spacial score (nSPS) is 10.6. The first kappa shape index (κ1) is 12.1. The second-order valence-corrected chi connectivity index (χ2v) is 4.62. The van der Waals surface area contributed by atoms with Gasteiger partial charge in [0.05, 0.1) is 10.7 Å². The molecule has 2 heterocycles. The molecule has 0 bridgehead atoms. The van der Waals surface area contributed by atoms with Crippen LogP contribution in [0.2, 0.25) is 10.0 Å². The molecule has 0 saturated carbocycles. The maximum atomic E-state index is 6.18. The van der Waals surface area contributed by atoms with Crippen LogP contribution in [0.15, 0.2) is 43.0 Å². The van der Waals surface area contributed by atoms with Crippen LogP contribution in [-0.2, 0) is 0 Å². The van der Waals surface area contributed by atoms with E-state index in [1.54, 1.807) is 23.1 Å².